The fraction of sp³-hybridized carbons (Fsp3) is 0.826. The van der Waals surface area contributed by atoms with Crippen LogP contribution >= 0.6 is 0 Å². The van der Waals surface area contributed by atoms with Gasteiger partial charge in [0.05, 0.1) is 25.4 Å². The highest BCUT2D eigenvalue weighted by molar-refractivity contribution is 5.92. The molecule has 0 amide bonds. The Kier molecular flexibility index (Phi) is 5.50. The second-order valence-electron chi connectivity index (χ2n) is 10.3. The number of carbonyl (C=O) groups is 2. The summed E-state index contributed by atoms with van der Waals surface area (Å²) in [5.74, 6) is -1.95. The van der Waals surface area contributed by atoms with Crippen molar-refractivity contribution in [3.63, 3.8) is 0 Å². The van der Waals surface area contributed by atoms with Gasteiger partial charge in [-0.3, -0.25) is 9.59 Å². The molecule has 4 N–H and O–H groups in total. The highest BCUT2D eigenvalue weighted by atomic mass is 19.1. The molecule has 8 heteroatoms. The number of fused-ring (bicyclic) bond motifs is 5. The van der Waals surface area contributed by atoms with Crippen molar-refractivity contribution in [1.82, 2.24) is 0 Å². The lowest BCUT2D eigenvalue weighted by molar-refractivity contribution is -0.232. The first-order valence-electron chi connectivity index (χ1n) is 11.2. The molecular weight excluding hydrogens is 407 g/mol. The number of alkyl halides is 1. The summed E-state index contributed by atoms with van der Waals surface area (Å²) >= 11 is 0. The van der Waals surface area contributed by atoms with Gasteiger partial charge in [-0.05, 0) is 44.1 Å². The molecule has 174 valence electrons. The third-order valence-corrected chi connectivity index (χ3v) is 9.22. The molecule has 0 aromatic carbocycles. The molecule has 31 heavy (non-hydrogen) atoms. The van der Waals surface area contributed by atoms with Crippen LogP contribution < -0.4 is 0 Å². The third-order valence-electron chi connectivity index (χ3n) is 9.22. The van der Waals surface area contributed by atoms with E-state index in [4.69, 9.17) is 4.74 Å². The Morgan fingerprint density at radius 3 is 2.61 bits per heavy atom. The summed E-state index contributed by atoms with van der Waals surface area (Å²) in [5.41, 5.74) is -5.55. The fourth-order valence-corrected chi connectivity index (χ4v) is 7.56. The molecule has 0 spiro atoms. The second kappa shape index (κ2) is 7.42. The van der Waals surface area contributed by atoms with Crippen molar-refractivity contribution in [3.8, 4) is 0 Å². The Labute approximate surface area is 181 Å². The SMILES string of the molecule is C[C@]12CCC(=O)C=C1CC[C@H]1[C@@H]3CC(OCCO)[C@](O)(C(=O)CO)[C@@]3(C)CC(O)[C@@]12F. The maximum absolute atomic E-state index is 17.1. The number of aliphatic hydroxyl groups is 4. The van der Waals surface area contributed by atoms with Crippen LogP contribution in [0.15, 0.2) is 11.6 Å². The summed E-state index contributed by atoms with van der Waals surface area (Å²) < 4.78 is 22.7. The minimum atomic E-state index is -2.09. The predicted octanol–water partition coefficient (Wildman–Crippen LogP) is 0.861. The smallest absolute Gasteiger partial charge is 0.192 e. The van der Waals surface area contributed by atoms with Gasteiger partial charge in [-0.1, -0.05) is 19.4 Å². The zero-order chi connectivity index (χ0) is 22.8. The normalized spacial score (nSPS) is 49.1. The maximum Gasteiger partial charge on any atom is 0.192 e. The topological polar surface area (TPSA) is 124 Å². The molecule has 4 aliphatic rings. The molecule has 0 aromatic rings. The van der Waals surface area contributed by atoms with E-state index in [-0.39, 0.29) is 38.3 Å². The van der Waals surface area contributed by atoms with Gasteiger partial charge in [0.1, 0.15) is 12.3 Å². The summed E-state index contributed by atoms with van der Waals surface area (Å²) in [6.07, 6.45) is 0.549. The van der Waals surface area contributed by atoms with Crippen molar-refractivity contribution >= 4 is 11.6 Å². The van der Waals surface area contributed by atoms with E-state index in [2.05, 4.69) is 0 Å². The number of ether oxygens (including phenoxy) is 1. The van der Waals surface area contributed by atoms with E-state index >= 15 is 4.39 Å². The molecule has 8 atom stereocenters. The van der Waals surface area contributed by atoms with Crippen LogP contribution in [-0.2, 0) is 14.3 Å². The molecule has 4 rings (SSSR count). The summed E-state index contributed by atoms with van der Waals surface area (Å²) in [5, 5.41) is 41.6. The molecule has 4 aliphatic carbocycles. The standard InChI is InChI=1S/C23H33FO7/c1-20-6-5-14(27)9-13(20)3-4-15-16-10-19(31-8-7-25)23(30,18(29)12-26)21(16,2)11-17(28)22(15,20)24/h9,15-17,19,25-26,28,30H,3-8,10-12H2,1-2H3/t15-,16-,17?,19?,20-,21-,22-,23+/m0/s1. The number of aliphatic hydroxyl groups excluding tert-OH is 3. The van der Waals surface area contributed by atoms with Gasteiger partial charge in [-0.15, -0.1) is 0 Å². The molecular formula is C23H33FO7. The average Bonchev–Trinajstić information content (AvgIpc) is 2.95. The largest absolute Gasteiger partial charge is 0.394 e. The highest BCUT2D eigenvalue weighted by Gasteiger charge is 2.76. The average molecular weight is 441 g/mol. The van der Waals surface area contributed by atoms with Crippen LogP contribution in [0.4, 0.5) is 4.39 Å². The van der Waals surface area contributed by atoms with Gasteiger partial charge in [0.15, 0.2) is 17.2 Å². The summed E-state index contributed by atoms with van der Waals surface area (Å²) in [4.78, 5) is 24.8. The van der Waals surface area contributed by atoms with E-state index in [1.165, 1.54) is 6.08 Å². The number of ketones is 2. The van der Waals surface area contributed by atoms with Gasteiger partial charge in [0, 0.05) is 23.2 Å². The number of allylic oxidation sites excluding steroid dienone is 1. The molecule has 7 nitrogen and oxygen atoms in total. The van der Waals surface area contributed by atoms with Crippen LogP contribution in [0.1, 0.15) is 52.4 Å². The predicted molar refractivity (Wildman–Crippen MR) is 108 cm³/mol. The second-order valence-corrected chi connectivity index (χ2v) is 10.3. The van der Waals surface area contributed by atoms with Crippen molar-refractivity contribution in [2.45, 2.75) is 75.9 Å². The highest BCUT2D eigenvalue weighted by Crippen LogP contribution is 2.70. The van der Waals surface area contributed by atoms with Crippen LogP contribution in [0.5, 0.6) is 0 Å². The van der Waals surface area contributed by atoms with Gasteiger partial charge in [0.25, 0.3) is 0 Å². The first-order valence-corrected chi connectivity index (χ1v) is 11.2. The van der Waals surface area contributed by atoms with Crippen LogP contribution in [0.3, 0.4) is 0 Å². The zero-order valence-electron chi connectivity index (χ0n) is 18.1. The van der Waals surface area contributed by atoms with E-state index in [1.54, 1.807) is 13.8 Å². The Hall–Kier alpha value is -1.19. The monoisotopic (exact) mass is 440 g/mol. The lowest BCUT2D eigenvalue weighted by Gasteiger charge is -2.63. The Morgan fingerprint density at radius 2 is 1.97 bits per heavy atom. The lowest BCUT2D eigenvalue weighted by Crippen LogP contribution is -2.70. The van der Waals surface area contributed by atoms with Crippen molar-refractivity contribution < 1.29 is 39.1 Å². The van der Waals surface area contributed by atoms with Gasteiger partial charge in [-0.25, -0.2) is 4.39 Å². The van der Waals surface area contributed by atoms with Crippen molar-refractivity contribution in [3.05, 3.63) is 11.6 Å². The van der Waals surface area contributed by atoms with Crippen LogP contribution in [0.2, 0.25) is 0 Å². The maximum atomic E-state index is 17.1. The Morgan fingerprint density at radius 1 is 1.26 bits per heavy atom. The third kappa shape index (κ3) is 2.75. The molecule has 0 heterocycles. The molecule has 3 fully saturated rings. The summed E-state index contributed by atoms with van der Waals surface area (Å²) in [6, 6.07) is 0. The molecule has 0 radical (unpaired) electrons. The quantitative estimate of drug-likeness (QED) is 0.500. The lowest BCUT2D eigenvalue weighted by atomic mass is 9.44. The number of hydrogen-bond acceptors (Lipinski definition) is 7. The van der Waals surface area contributed by atoms with Crippen molar-refractivity contribution in [2.24, 2.45) is 22.7 Å². The van der Waals surface area contributed by atoms with E-state index < -0.39 is 58.5 Å². The van der Waals surface area contributed by atoms with Crippen LogP contribution in [0.25, 0.3) is 0 Å². The minimum absolute atomic E-state index is 0.0223. The minimum Gasteiger partial charge on any atom is -0.394 e. The van der Waals surface area contributed by atoms with Crippen molar-refractivity contribution in [1.29, 1.82) is 0 Å². The first-order chi connectivity index (χ1) is 14.5. The van der Waals surface area contributed by atoms with Crippen molar-refractivity contribution in [2.75, 3.05) is 19.8 Å². The Balaban J connectivity index is 1.80. The molecule has 2 unspecified atom stereocenters. The van der Waals surface area contributed by atoms with Crippen LogP contribution in [0, 0.1) is 22.7 Å². The first kappa shape index (κ1) is 23.0. The molecule has 0 saturated heterocycles. The fourth-order valence-electron chi connectivity index (χ4n) is 7.56. The number of carbonyl (C=O) groups excluding carboxylic acids is 2. The molecule has 0 aromatic heterocycles. The number of rotatable bonds is 5. The van der Waals surface area contributed by atoms with E-state index in [0.29, 0.717) is 19.3 Å². The van der Waals surface area contributed by atoms with Crippen LogP contribution in [-0.4, -0.2) is 75.3 Å². The molecule has 0 bridgehead atoms. The Bertz CT molecular complexity index is 814. The van der Waals surface area contributed by atoms with Gasteiger partial charge in [-0.2, -0.15) is 0 Å². The number of hydrogen-bond donors (Lipinski definition) is 4. The van der Waals surface area contributed by atoms with Gasteiger partial charge in [0.2, 0.25) is 0 Å². The van der Waals surface area contributed by atoms with E-state index in [0.717, 1.165) is 5.57 Å². The zero-order valence-corrected chi connectivity index (χ0v) is 18.1. The number of Topliss-reactive ketones (excluding diaryl/α,β-unsaturated/α-hetero) is 1. The van der Waals surface area contributed by atoms with E-state index in [1.807, 2.05) is 0 Å². The van der Waals surface area contributed by atoms with Gasteiger partial charge < -0.3 is 25.2 Å². The molecule has 0 aliphatic heterocycles. The summed E-state index contributed by atoms with van der Waals surface area (Å²) in [7, 11) is 0. The van der Waals surface area contributed by atoms with Gasteiger partial charge >= 0.3 is 0 Å². The number of halogens is 1. The molecule has 3 saturated carbocycles. The van der Waals surface area contributed by atoms with E-state index in [9.17, 15) is 30.0 Å². The summed E-state index contributed by atoms with van der Waals surface area (Å²) in [6.45, 7) is 2.15.